The Balaban J connectivity index is 4.25. The average molecular weight is 742 g/mol. The highest BCUT2D eigenvalue weighted by atomic mass is 31.2. The van der Waals surface area contributed by atoms with Crippen molar-refractivity contribution in [1.82, 2.24) is 0 Å². The molecule has 0 fully saturated rings. The topological polar surface area (TPSA) is 94.1 Å². The van der Waals surface area contributed by atoms with E-state index in [-0.39, 0.29) is 25.8 Å². The summed E-state index contributed by atoms with van der Waals surface area (Å²) >= 11 is 0. The zero-order chi connectivity index (χ0) is 37.7. The quantitative estimate of drug-likeness (QED) is 0.0204. The molecule has 0 amide bonds. The lowest BCUT2D eigenvalue weighted by atomic mass is 10.1. The van der Waals surface area contributed by atoms with E-state index in [0.717, 1.165) is 44.9 Å². The Bertz CT molecular complexity index is 915. The zero-order valence-corrected chi connectivity index (χ0v) is 34.7. The Hall–Kier alpha value is -1.28. The number of quaternary nitrogens is 1. The summed E-state index contributed by atoms with van der Waals surface area (Å²) in [6.07, 6.45) is 40.1. The van der Waals surface area contributed by atoms with Crippen molar-refractivity contribution < 1.29 is 37.3 Å². The molecule has 0 aliphatic carbocycles. The van der Waals surface area contributed by atoms with Crippen LogP contribution in [0.1, 0.15) is 168 Å². The van der Waals surface area contributed by atoms with Crippen LogP contribution in [0.4, 0.5) is 0 Å². The predicted octanol–water partition coefficient (Wildman–Crippen LogP) is 11.2. The van der Waals surface area contributed by atoms with Crippen molar-refractivity contribution in [3.8, 4) is 0 Å². The predicted molar refractivity (Wildman–Crippen MR) is 213 cm³/mol. The number of esters is 1. The third kappa shape index (κ3) is 39.8. The van der Waals surface area contributed by atoms with Crippen molar-refractivity contribution in [3.63, 3.8) is 0 Å². The Morgan fingerprint density at radius 1 is 0.608 bits per heavy atom. The lowest BCUT2D eigenvalue weighted by molar-refractivity contribution is -0.870. The monoisotopic (exact) mass is 742 g/mol. The van der Waals surface area contributed by atoms with Crippen LogP contribution in [-0.2, 0) is 27.9 Å². The van der Waals surface area contributed by atoms with Crippen LogP contribution < -0.4 is 4.89 Å². The van der Waals surface area contributed by atoms with E-state index in [1.165, 1.54) is 103 Å². The maximum atomic E-state index is 12.6. The molecular weight excluding hydrogens is 661 g/mol. The summed E-state index contributed by atoms with van der Waals surface area (Å²) in [5.41, 5.74) is 0. The van der Waals surface area contributed by atoms with Gasteiger partial charge in [-0.2, -0.15) is 0 Å². The van der Waals surface area contributed by atoms with Gasteiger partial charge in [0.2, 0.25) is 0 Å². The van der Waals surface area contributed by atoms with Gasteiger partial charge in [-0.3, -0.25) is 9.36 Å². The SMILES string of the molecule is CCC/C=C\CCCCCCCCOCC(COP(=O)([O-])OCC[N+](C)(C)C)OC(=O)CCCCCCCCC/C=C\C/C=C\CCCCCC. The summed E-state index contributed by atoms with van der Waals surface area (Å²) in [6, 6.07) is 0. The minimum absolute atomic E-state index is 0.0228. The Labute approximate surface area is 315 Å². The second kappa shape index (κ2) is 35.7. The largest absolute Gasteiger partial charge is 0.756 e. The number of hydrogen-bond donors (Lipinski definition) is 0. The first kappa shape index (κ1) is 49.7. The maximum absolute atomic E-state index is 12.6. The zero-order valence-electron chi connectivity index (χ0n) is 33.8. The standard InChI is InChI=1S/C42H80NO7P/c1-6-8-10-12-14-16-18-19-20-21-22-23-24-25-27-29-31-33-35-42(44)50-41(40-49-51(45,46)48-38-36-43(3,4)5)39-47-37-34-32-30-28-26-17-15-13-11-9-7-2/h11,13,16,18,20-21,41H,6-10,12,14-15,17,19,22-40H2,1-5H3/b13-11-,18-16-,21-20-. The lowest BCUT2D eigenvalue weighted by Crippen LogP contribution is -2.37. The highest BCUT2D eigenvalue weighted by Crippen LogP contribution is 2.38. The van der Waals surface area contributed by atoms with Crippen molar-refractivity contribution in [2.45, 2.75) is 174 Å². The van der Waals surface area contributed by atoms with Crippen molar-refractivity contribution in [3.05, 3.63) is 36.5 Å². The van der Waals surface area contributed by atoms with Crippen molar-refractivity contribution in [2.75, 3.05) is 54.1 Å². The number of phosphoric acid groups is 1. The molecule has 0 saturated heterocycles. The van der Waals surface area contributed by atoms with Crippen LogP contribution in [-0.4, -0.2) is 70.7 Å². The van der Waals surface area contributed by atoms with Gasteiger partial charge >= 0.3 is 5.97 Å². The summed E-state index contributed by atoms with van der Waals surface area (Å²) in [5, 5.41) is 0. The van der Waals surface area contributed by atoms with Gasteiger partial charge in [0, 0.05) is 13.0 Å². The van der Waals surface area contributed by atoms with Gasteiger partial charge in [-0.05, 0) is 64.2 Å². The molecule has 0 aromatic rings. The normalized spacial score (nSPS) is 14.2. The molecule has 0 N–H and O–H groups in total. The van der Waals surface area contributed by atoms with Crippen LogP contribution in [0.2, 0.25) is 0 Å². The van der Waals surface area contributed by atoms with Crippen LogP contribution in [0.3, 0.4) is 0 Å². The molecule has 0 bridgehead atoms. The molecule has 51 heavy (non-hydrogen) atoms. The number of ether oxygens (including phenoxy) is 2. The third-order valence-corrected chi connectivity index (χ3v) is 9.61. The minimum Gasteiger partial charge on any atom is -0.756 e. The van der Waals surface area contributed by atoms with Crippen LogP contribution in [0.15, 0.2) is 36.5 Å². The molecule has 0 aliphatic heterocycles. The summed E-state index contributed by atoms with van der Waals surface area (Å²) in [5.74, 6) is -0.346. The van der Waals surface area contributed by atoms with E-state index in [1.807, 2.05) is 21.1 Å². The number of carbonyl (C=O) groups is 1. The lowest BCUT2D eigenvalue weighted by Gasteiger charge is -2.28. The van der Waals surface area contributed by atoms with Gasteiger partial charge in [-0.15, -0.1) is 0 Å². The van der Waals surface area contributed by atoms with E-state index >= 15 is 0 Å². The Morgan fingerprint density at radius 3 is 1.69 bits per heavy atom. The molecule has 9 heteroatoms. The molecule has 0 spiro atoms. The van der Waals surface area contributed by atoms with Gasteiger partial charge in [0.15, 0.2) is 0 Å². The number of rotatable bonds is 38. The smallest absolute Gasteiger partial charge is 0.306 e. The molecule has 0 aromatic heterocycles. The van der Waals surface area contributed by atoms with E-state index in [0.29, 0.717) is 24.1 Å². The van der Waals surface area contributed by atoms with Crippen molar-refractivity contribution >= 4 is 13.8 Å². The highest BCUT2D eigenvalue weighted by molar-refractivity contribution is 7.45. The summed E-state index contributed by atoms with van der Waals surface area (Å²) in [4.78, 5) is 25.0. The number of phosphoric ester groups is 1. The van der Waals surface area contributed by atoms with Gasteiger partial charge < -0.3 is 27.9 Å². The summed E-state index contributed by atoms with van der Waals surface area (Å²) in [6.45, 7) is 5.31. The molecule has 0 aliphatic rings. The fourth-order valence-electron chi connectivity index (χ4n) is 5.40. The van der Waals surface area contributed by atoms with E-state index in [9.17, 15) is 14.3 Å². The molecule has 8 nitrogen and oxygen atoms in total. The Morgan fingerprint density at radius 2 is 1.12 bits per heavy atom. The fourth-order valence-corrected chi connectivity index (χ4v) is 6.13. The first-order valence-corrected chi connectivity index (χ1v) is 22.2. The molecule has 0 radical (unpaired) electrons. The molecule has 0 heterocycles. The van der Waals surface area contributed by atoms with E-state index < -0.39 is 13.9 Å². The van der Waals surface area contributed by atoms with E-state index in [1.54, 1.807) is 0 Å². The van der Waals surface area contributed by atoms with E-state index in [4.69, 9.17) is 18.5 Å². The summed E-state index contributed by atoms with van der Waals surface area (Å²) < 4.78 is 34.5. The number of allylic oxidation sites excluding steroid dienone is 6. The van der Waals surface area contributed by atoms with Crippen LogP contribution in [0, 0.1) is 0 Å². The first-order valence-electron chi connectivity index (χ1n) is 20.7. The van der Waals surface area contributed by atoms with Crippen LogP contribution in [0.5, 0.6) is 0 Å². The molecule has 0 aromatic carbocycles. The molecule has 2 unspecified atom stereocenters. The summed E-state index contributed by atoms with van der Waals surface area (Å²) in [7, 11) is 1.34. The van der Waals surface area contributed by atoms with Gasteiger partial charge in [-0.25, -0.2) is 0 Å². The Kier molecular flexibility index (Phi) is 34.8. The third-order valence-electron chi connectivity index (χ3n) is 8.64. The molecular formula is C42H80NO7P. The van der Waals surface area contributed by atoms with Gasteiger partial charge in [0.1, 0.15) is 19.3 Å². The number of unbranched alkanes of at least 4 members (excludes halogenated alkanes) is 18. The second-order valence-electron chi connectivity index (χ2n) is 15.0. The van der Waals surface area contributed by atoms with Gasteiger partial charge in [0.05, 0.1) is 34.4 Å². The van der Waals surface area contributed by atoms with Crippen molar-refractivity contribution in [1.29, 1.82) is 0 Å². The molecule has 0 rings (SSSR count). The van der Waals surface area contributed by atoms with Crippen LogP contribution in [0.25, 0.3) is 0 Å². The second-order valence-corrected chi connectivity index (χ2v) is 16.4. The number of nitrogens with zero attached hydrogens (tertiary/aromatic N) is 1. The maximum Gasteiger partial charge on any atom is 0.306 e. The van der Waals surface area contributed by atoms with E-state index in [2.05, 4.69) is 50.3 Å². The first-order chi connectivity index (χ1) is 24.6. The van der Waals surface area contributed by atoms with Crippen molar-refractivity contribution in [2.24, 2.45) is 0 Å². The van der Waals surface area contributed by atoms with Gasteiger partial charge in [0.25, 0.3) is 7.82 Å². The van der Waals surface area contributed by atoms with Gasteiger partial charge in [-0.1, -0.05) is 134 Å². The number of hydrogen-bond acceptors (Lipinski definition) is 7. The molecule has 0 saturated carbocycles. The molecule has 300 valence electrons. The average Bonchev–Trinajstić information content (AvgIpc) is 3.08. The molecule has 2 atom stereocenters. The fraction of sp³-hybridized carbons (Fsp3) is 0.833. The minimum atomic E-state index is -4.52. The van der Waals surface area contributed by atoms with Crippen LogP contribution >= 0.6 is 7.82 Å². The highest BCUT2D eigenvalue weighted by Gasteiger charge is 2.20. The number of carbonyl (C=O) groups excluding carboxylic acids is 1. The number of likely N-dealkylation sites (N-methyl/N-ethyl adjacent to an activating group) is 1.